The molecule has 124 valence electrons. The van der Waals surface area contributed by atoms with E-state index in [1.54, 1.807) is 0 Å². The second-order valence-corrected chi connectivity index (χ2v) is 6.02. The van der Waals surface area contributed by atoms with Crippen molar-refractivity contribution < 1.29 is 9.47 Å². The molecule has 24 heavy (non-hydrogen) atoms. The van der Waals surface area contributed by atoms with Crippen LogP contribution in [-0.2, 0) is 12.8 Å². The van der Waals surface area contributed by atoms with Crippen LogP contribution in [0.3, 0.4) is 0 Å². The summed E-state index contributed by atoms with van der Waals surface area (Å²) in [5.41, 5.74) is 4.47. The molecule has 0 aliphatic carbocycles. The first-order valence-corrected chi connectivity index (χ1v) is 8.83. The van der Waals surface area contributed by atoms with E-state index in [0.717, 1.165) is 48.3 Å². The number of hydrogen-bond acceptors (Lipinski definition) is 2. The molecular weight excluding hydrogens is 296 g/mol. The molecule has 0 saturated carbocycles. The third-order valence-electron chi connectivity index (χ3n) is 4.29. The predicted molar refractivity (Wildman–Crippen MR) is 97.8 cm³/mol. The monoisotopic (exact) mass is 320 g/mol. The lowest BCUT2D eigenvalue weighted by atomic mass is 10.1. The van der Waals surface area contributed by atoms with Crippen molar-refractivity contribution in [2.45, 2.75) is 39.5 Å². The largest absolute Gasteiger partial charge is 0.492 e. The van der Waals surface area contributed by atoms with E-state index in [0.29, 0.717) is 13.2 Å². The van der Waals surface area contributed by atoms with Gasteiger partial charge in [0.05, 0.1) is 24.3 Å². The second kappa shape index (κ2) is 7.93. The Hall–Kier alpha value is -2.40. The molecule has 0 atom stereocenters. The van der Waals surface area contributed by atoms with Crippen LogP contribution in [0.25, 0.3) is 0 Å². The standard InChI is InChI=1S/C22H24O2/c1-3-17-7-11-21-19(15-17)9-10-20-16-18(4-2)8-12-22(20)24-14-6-5-13-23-21/h7-8,11-12,15-16H,3-6,13-14H2,1-2H3. The molecule has 0 unspecified atom stereocenters. The molecule has 1 aliphatic heterocycles. The summed E-state index contributed by atoms with van der Waals surface area (Å²) >= 11 is 0. The quantitative estimate of drug-likeness (QED) is 0.743. The van der Waals surface area contributed by atoms with Gasteiger partial charge in [0.2, 0.25) is 0 Å². The summed E-state index contributed by atoms with van der Waals surface area (Å²) in [7, 11) is 0. The summed E-state index contributed by atoms with van der Waals surface area (Å²) in [5.74, 6) is 8.38. The van der Waals surface area contributed by atoms with Gasteiger partial charge in [0.1, 0.15) is 11.5 Å². The molecule has 2 heteroatoms. The van der Waals surface area contributed by atoms with E-state index in [4.69, 9.17) is 9.47 Å². The van der Waals surface area contributed by atoms with Gasteiger partial charge in [-0.1, -0.05) is 37.8 Å². The number of ether oxygens (including phenoxy) is 2. The lowest BCUT2D eigenvalue weighted by Crippen LogP contribution is -2.05. The van der Waals surface area contributed by atoms with Crippen LogP contribution in [0.5, 0.6) is 11.5 Å². The highest BCUT2D eigenvalue weighted by atomic mass is 16.5. The normalized spacial score (nSPS) is 13.8. The molecule has 0 aromatic heterocycles. The number of benzene rings is 2. The first kappa shape index (κ1) is 16.5. The zero-order valence-corrected chi connectivity index (χ0v) is 14.5. The summed E-state index contributed by atoms with van der Waals surface area (Å²) in [5, 5.41) is 0. The van der Waals surface area contributed by atoms with Crippen LogP contribution in [-0.4, -0.2) is 13.2 Å². The summed E-state index contributed by atoms with van der Waals surface area (Å²) < 4.78 is 11.9. The summed E-state index contributed by atoms with van der Waals surface area (Å²) in [6.45, 7) is 5.71. The van der Waals surface area contributed by atoms with E-state index in [-0.39, 0.29) is 0 Å². The van der Waals surface area contributed by atoms with Crippen molar-refractivity contribution in [1.29, 1.82) is 0 Å². The van der Waals surface area contributed by atoms with Crippen LogP contribution in [0, 0.1) is 11.8 Å². The third-order valence-corrected chi connectivity index (χ3v) is 4.29. The van der Waals surface area contributed by atoms with Crippen LogP contribution >= 0.6 is 0 Å². The Morgan fingerprint density at radius 2 is 1.21 bits per heavy atom. The van der Waals surface area contributed by atoms with E-state index in [2.05, 4.69) is 62.1 Å². The van der Waals surface area contributed by atoms with Gasteiger partial charge in [-0.05, 0) is 61.1 Å². The van der Waals surface area contributed by atoms with Crippen LogP contribution in [0.2, 0.25) is 0 Å². The highest BCUT2D eigenvalue weighted by molar-refractivity contribution is 5.55. The van der Waals surface area contributed by atoms with Crippen molar-refractivity contribution in [3.8, 4) is 23.3 Å². The Kier molecular flexibility index (Phi) is 5.43. The summed E-state index contributed by atoms with van der Waals surface area (Å²) in [4.78, 5) is 0. The van der Waals surface area contributed by atoms with Crippen molar-refractivity contribution in [1.82, 2.24) is 0 Å². The van der Waals surface area contributed by atoms with Crippen LogP contribution < -0.4 is 9.47 Å². The molecule has 0 spiro atoms. The fourth-order valence-corrected chi connectivity index (χ4v) is 2.74. The molecule has 0 N–H and O–H groups in total. The summed E-state index contributed by atoms with van der Waals surface area (Å²) in [6.07, 6.45) is 3.94. The molecule has 0 saturated heterocycles. The van der Waals surface area contributed by atoms with Gasteiger partial charge in [-0.3, -0.25) is 0 Å². The minimum absolute atomic E-state index is 0.700. The molecule has 2 nitrogen and oxygen atoms in total. The molecule has 0 fully saturated rings. The topological polar surface area (TPSA) is 18.5 Å². The average Bonchev–Trinajstić information content (AvgIpc) is 2.62. The van der Waals surface area contributed by atoms with Crippen molar-refractivity contribution in [3.05, 3.63) is 58.7 Å². The van der Waals surface area contributed by atoms with Gasteiger partial charge >= 0.3 is 0 Å². The maximum atomic E-state index is 5.93. The van der Waals surface area contributed by atoms with E-state index < -0.39 is 0 Å². The van der Waals surface area contributed by atoms with E-state index >= 15 is 0 Å². The van der Waals surface area contributed by atoms with Gasteiger partial charge in [0, 0.05) is 0 Å². The van der Waals surface area contributed by atoms with E-state index in [1.165, 1.54) is 11.1 Å². The molecule has 0 bridgehead atoms. The fraction of sp³-hybridized carbons (Fsp3) is 0.364. The van der Waals surface area contributed by atoms with Gasteiger partial charge in [-0.25, -0.2) is 0 Å². The first-order valence-electron chi connectivity index (χ1n) is 8.83. The molecule has 3 rings (SSSR count). The first-order chi connectivity index (χ1) is 11.8. The van der Waals surface area contributed by atoms with E-state index in [1.807, 2.05) is 0 Å². The minimum Gasteiger partial charge on any atom is -0.492 e. The third kappa shape index (κ3) is 3.92. The van der Waals surface area contributed by atoms with Crippen molar-refractivity contribution in [3.63, 3.8) is 0 Å². The lowest BCUT2D eigenvalue weighted by Gasteiger charge is -2.13. The second-order valence-electron chi connectivity index (χ2n) is 6.02. The lowest BCUT2D eigenvalue weighted by molar-refractivity contribution is 0.265. The molecule has 0 radical (unpaired) electrons. The molecule has 2 aromatic rings. The van der Waals surface area contributed by atoms with Gasteiger partial charge in [-0.15, -0.1) is 0 Å². The molecule has 2 aromatic carbocycles. The number of aryl methyl sites for hydroxylation is 2. The van der Waals surface area contributed by atoms with Gasteiger partial charge in [0.15, 0.2) is 0 Å². The Bertz CT molecular complexity index is 702. The Labute approximate surface area is 144 Å². The smallest absolute Gasteiger partial charge is 0.134 e. The molecule has 1 heterocycles. The minimum atomic E-state index is 0.700. The number of hydrogen-bond donors (Lipinski definition) is 0. The fourth-order valence-electron chi connectivity index (χ4n) is 2.74. The maximum absolute atomic E-state index is 5.93. The Morgan fingerprint density at radius 3 is 1.62 bits per heavy atom. The van der Waals surface area contributed by atoms with Crippen LogP contribution in [0.15, 0.2) is 36.4 Å². The number of fused-ring (bicyclic) bond motifs is 2. The Morgan fingerprint density at radius 1 is 0.750 bits per heavy atom. The molecule has 1 aliphatic rings. The van der Waals surface area contributed by atoms with Crippen molar-refractivity contribution in [2.75, 3.05) is 13.2 Å². The highest BCUT2D eigenvalue weighted by Gasteiger charge is 2.07. The van der Waals surface area contributed by atoms with Crippen molar-refractivity contribution >= 4 is 0 Å². The zero-order valence-electron chi connectivity index (χ0n) is 14.5. The summed E-state index contributed by atoms with van der Waals surface area (Å²) in [6, 6.07) is 12.6. The van der Waals surface area contributed by atoms with Gasteiger partial charge in [0.25, 0.3) is 0 Å². The van der Waals surface area contributed by atoms with Crippen LogP contribution in [0.4, 0.5) is 0 Å². The zero-order chi connectivity index (χ0) is 16.8. The predicted octanol–water partition coefficient (Wildman–Crippen LogP) is 4.76. The highest BCUT2D eigenvalue weighted by Crippen LogP contribution is 2.23. The maximum Gasteiger partial charge on any atom is 0.134 e. The molecular formula is C22H24O2. The SMILES string of the molecule is CCc1ccc2c(c1)C#Cc1cc(CC)ccc1OCCCCO2. The van der Waals surface area contributed by atoms with Gasteiger partial charge in [-0.2, -0.15) is 0 Å². The number of rotatable bonds is 2. The average molecular weight is 320 g/mol. The Balaban J connectivity index is 2.06. The van der Waals surface area contributed by atoms with Crippen molar-refractivity contribution in [2.24, 2.45) is 0 Å². The van der Waals surface area contributed by atoms with E-state index in [9.17, 15) is 0 Å². The van der Waals surface area contributed by atoms with Gasteiger partial charge < -0.3 is 9.47 Å². The molecule has 0 amide bonds. The van der Waals surface area contributed by atoms with Crippen LogP contribution in [0.1, 0.15) is 48.9 Å².